The maximum absolute atomic E-state index is 13.4. The lowest BCUT2D eigenvalue weighted by Crippen LogP contribution is -2.16. The van der Waals surface area contributed by atoms with E-state index in [-0.39, 0.29) is 0 Å². The molecule has 0 spiro atoms. The van der Waals surface area contributed by atoms with Crippen LogP contribution in [-0.2, 0) is 6.42 Å². The van der Waals surface area contributed by atoms with Gasteiger partial charge < -0.3 is 5.32 Å². The summed E-state index contributed by atoms with van der Waals surface area (Å²) >= 11 is 0. The van der Waals surface area contributed by atoms with Crippen LogP contribution in [0.2, 0.25) is 0 Å². The molecule has 0 aliphatic heterocycles. The van der Waals surface area contributed by atoms with Crippen molar-refractivity contribution in [2.24, 2.45) is 0 Å². The highest BCUT2D eigenvalue weighted by Gasteiger charge is 2.42. The van der Waals surface area contributed by atoms with Gasteiger partial charge in [0.1, 0.15) is 5.67 Å². The lowest BCUT2D eigenvalue weighted by atomic mass is 10.1. The van der Waals surface area contributed by atoms with Crippen LogP contribution >= 0.6 is 0 Å². The van der Waals surface area contributed by atoms with Gasteiger partial charge in [-0.05, 0) is 30.9 Å². The van der Waals surface area contributed by atoms with E-state index in [9.17, 15) is 4.39 Å². The predicted molar refractivity (Wildman–Crippen MR) is 57.4 cm³/mol. The number of hydrogen-bond acceptors (Lipinski definition) is 1. The molecule has 1 saturated carbocycles. The Kier molecular flexibility index (Phi) is 2.44. The molecule has 0 unspecified atom stereocenters. The van der Waals surface area contributed by atoms with Crippen molar-refractivity contribution in [3.8, 4) is 0 Å². The van der Waals surface area contributed by atoms with Gasteiger partial charge in [-0.1, -0.05) is 25.1 Å². The minimum atomic E-state index is -0.916. The molecule has 0 bridgehead atoms. The quantitative estimate of drug-likeness (QED) is 0.774. The zero-order chi connectivity index (χ0) is 10.0. The third-order valence-corrected chi connectivity index (χ3v) is 2.79. The van der Waals surface area contributed by atoms with Gasteiger partial charge in [-0.25, -0.2) is 4.39 Å². The molecule has 0 radical (unpaired) electrons. The number of nitrogens with one attached hydrogen (secondary N) is 1. The van der Waals surface area contributed by atoms with E-state index in [1.54, 1.807) is 0 Å². The molecule has 2 rings (SSSR count). The summed E-state index contributed by atoms with van der Waals surface area (Å²) in [6.07, 6.45) is 2.42. The second-order valence-corrected chi connectivity index (χ2v) is 4.02. The van der Waals surface area contributed by atoms with E-state index in [4.69, 9.17) is 0 Å². The van der Waals surface area contributed by atoms with Crippen molar-refractivity contribution in [2.45, 2.75) is 31.9 Å². The second-order valence-electron chi connectivity index (χ2n) is 4.02. The van der Waals surface area contributed by atoms with Gasteiger partial charge in [0.15, 0.2) is 0 Å². The van der Waals surface area contributed by atoms with E-state index in [1.807, 2.05) is 18.2 Å². The molecular formula is C12H16FN. The van der Waals surface area contributed by atoms with Crippen LogP contribution in [0.4, 0.5) is 10.1 Å². The zero-order valence-electron chi connectivity index (χ0n) is 8.52. The number of hydrogen-bond donors (Lipinski definition) is 1. The Balaban J connectivity index is 2.00. The summed E-state index contributed by atoms with van der Waals surface area (Å²) < 4.78 is 13.4. The van der Waals surface area contributed by atoms with E-state index in [2.05, 4.69) is 18.3 Å². The van der Waals surface area contributed by atoms with Crippen molar-refractivity contribution < 1.29 is 4.39 Å². The molecule has 0 amide bonds. The smallest absolute Gasteiger partial charge is 0.128 e. The summed E-state index contributed by atoms with van der Waals surface area (Å²) in [6.45, 7) is 2.58. The summed E-state index contributed by atoms with van der Waals surface area (Å²) in [5.41, 5.74) is 1.43. The molecule has 1 aliphatic rings. The fourth-order valence-electron chi connectivity index (χ4n) is 1.57. The van der Waals surface area contributed by atoms with Crippen LogP contribution in [0.15, 0.2) is 24.3 Å². The van der Waals surface area contributed by atoms with Crippen LogP contribution in [0, 0.1) is 0 Å². The Morgan fingerprint density at radius 3 is 2.71 bits per heavy atom. The van der Waals surface area contributed by atoms with Gasteiger partial charge in [-0.15, -0.1) is 0 Å². The van der Waals surface area contributed by atoms with Crippen molar-refractivity contribution in [1.29, 1.82) is 0 Å². The molecule has 0 saturated heterocycles. The average molecular weight is 193 g/mol. The van der Waals surface area contributed by atoms with Gasteiger partial charge in [0.05, 0.1) is 0 Å². The largest absolute Gasteiger partial charge is 0.382 e. The lowest BCUT2D eigenvalue weighted by molar-refractivity contribution is 0.326. The molecule has 1 nitrogen and oxygen atoms in total. The molecule has 1 aromatic carbocycles. The zero-order valence-corrected chi connectivity index (χ0v) is 8.52. The molecule has 1 N–H and O–H groups in total. The highest BCUT2D eigenvalue weighted by molar-refractivity contribution is 5.51. The Morgan fingerprint density at radius 2 is 2.07 bits per heavy atom. The Morgan fingerprint density at radius 1 is 1.36 bits per heavy atom. The first-order chi connectivity index (χ1) is 6.73. The van der Waals surface area contributed by atoms with E-state index in [0.29, 0.717) is 19.4 Å². The number of para-hydroxylation sites is 1. The topological polar surface area (TPSA) is 12.0 Å². The van der Waals surface area contributed by atoms with E-state index in [1.165, 1.54) is 5.56 Å². The SMILES string of the molecule is CCc1ccccc1NCC1(F)CC1. The highest BCUT2D eigenvalue weighted by atomic mass is 19.1. The summed E-state index contributed by atoms with van der Waals surface area (Å²) in [5.74, 6) is 0. The first-order valence-electron chi connectivity index (χ1n) is 5.24. The minimum absolute atomic E-state index is 0.462. The van der Waals surface area contributed by atoms with Gasteiger partial charge in [0.2, 0.25) is 0 Å². The van der Waals surface area contributed by atoms with Gasteiger partial charge in [-0.3, -0.25) is 0 Å². The lowest BCUT2D eigenvalue weighted by Gasteiger charge is -2.12. The second kappa shape index (κ2) is 3.60. The molecule has 0 atom stereocenters. The molecular weight excluding hydrogens is 177 g/mol. The summed E-state index contributed by atoms with van der Waals surface area (Å²) in [6, 6.07) is 8.11. The molecule has 0 heterocycles. The van der Waals surface area contributed by atoms with Crippen molar-refractivity contribution in [3.05, 3.63) is 29.8 Å². The number of aryl methyl sites for hydroxylation is 1. The number of alkyl halides is 1. The standard InChI is InChI=1S/C12H16FN/c1-2-10-5-3-4-6-11(10)14-9-12(13)7-8-12/h3-6,14H,2,7-9H2,1H3. The van der Waals surface area contributed by atoms with Crippen LogP contribution in [0.1, 0.15) is 25.3 Å². The van der Waals surface area contributed by atoms with Crippen LogP contribution < -0.4 is 5.32 Å². The molecule has 1 fully saturated rings. The third-order valence-electron chi connectivity index (χ3n) is 2.79. The molecule has 1 aromatic rings. The van der Waals surface area contributed by atoms with Gasteiger partial charge in [-0.2, -0.15) is 0 Å². The van der Waals surface area contributed by atoms with Crippen LogP contribution in [0.5, 0.6) is 0 Å². The van der Waals surface area contributed by atoms with Crippen molar-refractivity contribution in [2.75, 3.05) is 11.9 Å². The van der Waals surface area contributed by atoms with Gasteiger partial charge in [0.25, 0.3) is 0 Å². The van der Waals surface area contributed by atoms with Crippen molar-refractivity contribution >= 4 is 5.69 Å². The summed E-state index contributed by atoms with van der Waals surface area (Å²) in [7, 11) is 0. The molecule has 1 aliphatic carbocycles. The fraction of sp³-hybridized carbons (Fsp3) is 0.500. The number of rotatable bonds is 4. The number of benzene rings is 1. The fourth-order valence-corrected chi connectivity index (χ4v) is 1.57. The summed E-state index contributed by atoms with van der Waals surface area (Å²) in [4.78, 5) is 0. The number of anilines is 1. The van der Waals surface area contributed by atoms with Crippen molar-refractivity contribution in [3.63, 3.8) is 0 Å². The van der Waals surface area contributed by atoms with E-state index < -0.39 is 5.67 Å². The Hall–Kier alpha value is -1.05. The minimum Gasteiger partial charge on any atom is -0.382 e. The van der Waals surface area contributed by atoms with E-state index in [0.717, 1.165) is 12.1 Å². The molecule has 76 valence electrons. The molecule has 14 heavy (non-hydrogen) atoms. The Bertz CT molecular complexity index is 318. The average Bonchev–Trinajstić information content (AvgIpc) is 2.95. The Labute approximate surface area is 84.3 Å². The van der Waals surface area contributed by atoms with Crippen molar-refractivity contribution in [1.82, 2.24) is 0 Å². The first-order valence-corrected chi connectivity index (χ1v) is 5.24. The first kappa shape index (κ1) is 9.50. The maximum Gasteiger partial charge on any atom is 0.128 e. The van der Waals surface area contributed by atoms with Gasteiger partial charge >= 0.3 is 0 Å². The monoisotopic (exact) mass is 193 g/mol. The highest BCUT2D eigenvalue weighted by Crippen LogP contribution is 2.39. The van der Waals surface area contributed by atoms with Crippen LogP contribution in [0.25, 0.3) is 0 Å². The predicted octanol–water partition coefficient (Wildman–Crippen LogP) is 3.16. The molecule has 0 aromatic heterocycles. The third kappa shape index (κ3) is 2.06. The normalized spacial score (nSPS) is 17.9. The number of halogens is 1. The summed E-state index contributed by atoms with van der Waals surface area (Å²) in [5, 5.41) is 3.19. The van der Waals surface area contributed by atoms with Gasteiger partial charge in [0, 0.05) is 12.2 Å². The van der Waals surface area contributed by atoms with Crippen LogP contribution in [-0.4, -0.2) is 12.2 Å². The molecule has 2 heteroatoms. The van der Waals surface area contributed by atoms with Crippen LogP contribution in [0.3, 0.4) is 0 Å². The maximum atomic E-state index is 13.4. The van der Waals surface area contributed by atoms with E-state index >= 15 is 0 Å².